The number of anilines is 1. The molecule has 5 nitrogen and oxygen atoms in total. The van der Waals surface area contributed by atoms with Gasteiger partial charge in [-0.1, -0.05) is 30.0 Å². The monoisotopic (exact) mass is 375 g/mol. The number of para-hydroxylation sites is 2. The molecule has 0 saturated heterocycles. The molecular formula is C18H15F2N3O2S. The van der Waals surface area contributed by atoms with Crippen molar-refractivity contribution in [1.29, 1.82) is 0 Å². The van der Waals surface area contributed by atoms with E-state index in [1.807, 2.05) is 0 Å². The molecule has 0 unspecified atom stereocenters. The smallest absolute Gasteiger partial charge is 0.262 e. The van der Waals surface area contributed by atoms with Gasteiger partial charge in [0.05, 0.1) is 16.7 Å². The predicted octanol–water partition coefficient (Wildman–Crippen LogP) is 3.43. The maximum atomic E-state index is 13.6. The van der Waals surface area contributed by atoms with Crippen LogP contribution in [0.25, 0.3) is 10.9 Å². The van der Waals surface area contributed by atoms with Crippen LogP contribution in [0.3, 0.4) is 0 Å². The van der Waals surface area contributed by atoms with Gasteiger partial charge in [0.1, 0.15) is 17.3 Å². The summed E-state index contributed by atoms with van der Waals surface area (Å²) in [6.45, 7) is 2.19. The number of halogens is 2. The molecule has 0 aliphatic heterocycles. The fourth-order valence-electron chi connectivity index (χ4n) is 2.46. The number of nitrogens with one attached hydrogen (secondary N) is 1. The van der Waals surface area contributed by atoms with Gasteiger partial charge in [0.2, 0.25) is 5.91 Å². The highest BCUT2D eigenvalue weighted by molar-refractivity contribution is 7.99. The summed E-state index contributed by atoms with van der Waals surface area (Å²) in [5, 5.41) is 3.09. The van der Waals surface area contributed by atoms with Crippen LogP contribution in [0, 0.1) is 11.6 Å². The number of amides is 1. The number of benzene rings is 2. The zero-order valence-electron chi connectivity index (χ0n) is 13.8. The molecule has 1 N–H and O–H groups in total. The second-order valence-corrected chi connectivity index (χ2v) is 6.34. The average molecular weight is 375 g/mol. The van der Waals surface area contributed by atoms with Crippen LogP contribution in [-0.2, 0) is 11.3 Å². The van der Waals surface area contributed by atoms with Gasteiger partial charge in [-0.2, -0.15) is 0 Å². The van der Waals surface area contributed by atoms with Gasteiger partial charge in [0.25, 0.3) is 5.56 Å². The molecule has 0 atom stereocenters. The number of fused-ring (bicyclic) bond motifs is 1. The Labute approximate surface area is 152 Å². The van der Waals surface area contributed by atoms with Crippen molar-refractivity contribution in [2.24, 2.45) is 0 Å². The van der Waals surface area contributed by atoms with Crippen molar-refractivity contribution in [3.63, 3.8) is 0 Å². The Kier molecular flexibility index (Phi) is 5.32. The summed E-state index contributed by atoms with van der Waals surface area (Å²) in [4.78, 5) is 29.0. The first-order valence-electron chi connectivity index (χ1n) is 7.87. The first kappa shape index (κ1) is 18.1. The fraction of sp³-hybridized carbons (Fsp3) is 0.167. The molecule has 1 aromatic heterocycles. The van der Waals surface area contributed by atoms with Crippen LogP contribution in [-0.4, -0.2) is 21.2 Å². The molecule has 0 fully saturated rings. The van der Waals surface area contributed by atoms with Crippen LogP contribution in [0.1, 0.15) is 6.92 Å². The molecule has 8 heteroatoms. The number of aromatic nitrogens is 2. The fourth-order valence-corrected chi connectivity index (χ4v) is 3.32. The zero-order valence-corrected chi connectivity index (χ0v) is 14.6. The van der Waals surface area contributed by atoms with E-state index in [4.69, 9.17) is 0 Å². The highest BCUT2D eigenvalue weighted by atomic mass is 32.2. The normalized spacial score (nSPS) is 10.9. The second kappa shape index (κ2) is 7.65. The summed E-state index contributed by atoms with van der Waals surface area (Å²) in [6.07, 6.45) is 0. The highest BCUT2D eigenvalue weighted by Crippen LogP contribution is 2.21. The predicted molar refractivity (Wildman–Crippen MR) is 97.4 cm³/mol. The van der Waals surface area contributed by atoms with Gasteiger partial charge in [-0.15, -0.1) is 0 Å². The molecule has 0 radical (unpaired) electrons. The van der Waals surface area contributed by atoms with E-state index in [2.05, 4.69) is 10.3 Å². The van der Waals surface area contributed by atoms with Gasteiger partial charge in [-0.25, -0.2) is 13.8 Å². The van der Waals surface area contributed by atoms with E-state index < -0.39 is 23.2 Å². The van der Waals surface area contributed by atoms with Crippen LogP contribution in [0.4, 0.5) is 14.5 Å². The molecule has 0 bridgehead atoms. The minimum absolute atomic E-state index is 0.140. The zero-order chi connectivity index (χ0) is 18.7. The summed E-state index contributed by atoms with van der Waals surface area (Å²) in [7, 11) is 0. The van der Waals surface area contributed by atoms with Crippen LogP contribution in [0.5, 0.6) is 0 Å². The first-order chi connectivity index (χ1) is 12.5. The standard InChI is InChI=1S/C18H15F2N3O2S/c1-2-23-17(25)11-6-3-4-9-14(11)21-18(23)26-10-15(24)22-16-12(19)7-5-8-13(16)20/h3-9H,2,10H2,1H3,(H,22,24). The third kappa shape index (κ3) is 3.60. The minimum atomic E-state index is -0.849. The Morgan fingerprint density at radius 2 is 1.85 bits per heavy atom. The van der Waals surface area contributed by atoms with Gasteiger partial charge in [-0.05, 0) is 31.2 Å². The summed E-state index contributed by atoms with van der Waals surface area (Å²) < 4.78 is 28.7. The molecule has 3 aromatic rings. The lowest BCUT2D eigenvalue weighted by molar-refractivity contribution is -0.113. The number of carbonyl (C=O) groups is 1. The number of thioether (sulfide) groups is 1. The first-order valence-corrected chi connectivity index (χ1v) is 8.86. The van der Waals surface area contributed by atoms with Gasteiger partial charge in [0.15, 0.2) is 5.16 Å². The summed E-state index contributed by atoms with van der Waals surface area (Å²) in [6, 6.07) is 10.3. The Morgan fingerprint density at radius 3 is 2.54 bits per heavy atom. The van der Waals surface area contributed by atoms with Crippen molar-refractivity contribution in [2.45, 2.75) is 18.6 Å². The Hall–Kier alpha value is -2.74. The van der Waals surface area contributed by atoms with Crippen molar-refractivity contribution in [1.82, 2.24) is 9.55 Å². The maximum absolute atomic E-state index is 13.6. The Bertz CT molecular complexity index is 1020. The molecule has 1 heterocycles. The Balaban J connectivity index is 1.81. The SMILES string of the molecule is CCn1c(SCC(=O)Nc2c(F)cccc2F)nc2ccccc2c1=O. The van der Waals surface area contributed by atoms with E-state index in [0.29, 0.717) is 22.6 Å². The number of carbonyl (C=O) groups excluding carboxylic acids is 1. The van der Waals surface area contributed by atoms with E-state index in [1.165, 1.54) is 10.6 Å². The van der Waals surface area contributed by atoms with Crippen LogP contribution in [0.15, 0.2) is 52.4 Å². The Morgan fingerprint density at radius 1 is 1.15 bits per heavy atom. The second-order valence-electron chi connectivity index (χ2n) is 5.39. The van der Waals surface area contributed by atoms with Crippen LogP contribution >= 0.6 is 11.8 Å². The van der Waals surface area contributed by atoms with E-state index >= 15 is 0 Å². The van der Waals surface area contributed by atoms with Crippen molar-refractivity contribution in [3.8, 4) is 0 Å². The van der Waals surface area contributed by atoms with E-state index in [9.17, 15) is 18.4 Å². The lowest BCUT2D eigenvalue weighted by Gasteiger charge is -2.11. The molecule has 134 valence electrons. The van der Waals surface area contributed by atoms with Gasteiger partial charge in [-0.3, -0.25) is 14.2 Å². The number of hydrogen-bond donors (Lipinski definition) is 1. The maximum Gasteiger partial charge on any atom is 0.262 e. The summed E-state index contributed by atoms with van der Waals surface area (Å²) >= 11 is 1.03. The number of rotatable bonds is 5. The molecule has 0 spiro atoms. The van der Waals surface area contributed by atoms with E-state index in [1.54, 1.807) is 31.2 Å². The molecular weight excluding hydrogens is 360 g/mol. The van der Waals surface area contributed by atoms with Crippen LogP contribution in [0.2, 0.25) is 0 Å². The molecule has 2 aromatic carbocycles. The molecule has 1 amide bonds. The highest BCUT2D eigenvalue weighted by Gasteiger charge is 2.15. The van der Waals surface area contributed by atoms with Crippen molar-refractivity contribution in [2.75, 3.05) is 11.1 Å². The molecule has 26 heavy (non-hydrogen) atoms. The quantitative estimate of drug-likeness (QED) is 0.548. The third-order valence-corrected chi connectivity index (χ3v) is 4.68. The molecule has 0 saturated carbocycles. The topological polar surface area (TPSA) is 64.0 Å². The number of nitrogens with zero attached hydrogens (tertiary/aromatic N) is 2. The molecule has 0 aliphatic carbocycles. The molecule has 3 rings (SSSR count). The number of hydrogen-bond acceptors (Lipinski definition) is 4. The van der Waals surface area contributed by atoms with Crippen molar-refractivity contribution < 1.29 is 13.6 Å². The van der Waals surface area contributed by atoms with Crippen molar-refractivity contribution >= 4 is 34.3 Å². The summed E-state index contributed by atoms with van der Waals surface area (Å²) in [5.41, 5.74) is -0.149. The summed E-state index contributed by atoms with van der Waals surface area (Å²) in [5.74, 6) is -2.43. The molecule has 0 aliphatic rings. The lowest BCUT2D eigenvalue weighted by Crippen LogP contribution is -2.23. The lowest BCUT2D eigenvalue weighted by atomic mass is 10.2. The average Bonchev–Trinajstić information content (AvgIpc) is 2.63. The minimum Gasteiger partial charge on any atom is -0.320 e. The van der Waals surface area contributed by atoms with Gasteiger partial charge in [0, 0.05) is 6.54 Å². The van der Waals surface area contributed by atoms with Gasteiger partial charge >= 0.3 is 0 Å². The van der Waals surface area contributed by atoms with Gasteiger partial charge < -0.3 is 5.32 Å². The van der Waals surface area contributed by atoms with Crippen LogP contribution < -0.4 is 10.9 Å². The van der Waals surface area contributed by atoms with Crippen molar-refractivity contribution in [3.05, 3.63) is 64.5 Å². The van der Waals surface area contributed by atoms with E-state index in [-0.39, 0.29) is 11.3 Å². The third-order valence-electron chi connectivity index (χ3n) is 3.70. The van der Waals surface area contributed by atoms with E-state index in [0.717, 1.165) is 23.9 Å². The largest absolute Gasteiger partial charge is 0.320 e.